The summed E-state index contributed by atoms with van der Waals surface area (Å²) >= 11 is 0. The van der Waals surface area contributed by atoms with Crippen LogP contribution in [0.4, 0.5) is 0 Å². The largest absolute Gasteiger partial charge is 0.872 e. The van der Waals surface area contributed by atoms with Gasteiger partial charge in [-0.3, -0.25) is 9.59 Å². The lowest BCUT2D eigenvalue weighted by Gasteiger charge is -2.28. The molecule has 1 amide bonds. The maximum Gasteiger partial charge on any atom is 0.295 e. The van der Waals surface area contributed by atoms with Crippen LogP contribution in [0.3, 0.4) is 0 Å². The van der Waals surface area contributed by atoms with Gasteiger partial charge in [-0.15, -0.1) is 0 Å². The maximum atomic E-state index is 13.5. The summed E-state index contributed by atoms with van der Waals surface area (Å²) in [5, 5.41) is 13.5. The van der Waals surface area contributed by atoms with Crippen molar-refractivity contribution in [2.75, 3.05) is 39.9 Å². The number of quaternary nitrogens is 1. The highest BCUT2D eigenvalue weighted by Gasteiger charge is 2.44. The van der Waals surface area contributed by atoms with E-state index in [1.165, 1.54) is 4.90 Å². The lowest BCUT2D eigenvalue weighted by atomic mass is 9.95. The fraction of sp³-hybridized carbons (Fsp3) is 0.407. The number of hydrogen-bond donors (Lipinski definition) is 1. The van der Waals surface area contributed by atoms with Crippen LogP contribution in [0.5, 0.6) is 11.5 Å². The predicted octanol–water partition coefficient (Wildman–Crippen LogP) is 1.63. The smallest absolute Gasteiger partial charge is 0.295 e. The summed E-state index contributed by atoms with van der Waals surface area (Å²) in [6, 6.07) is 13.2. The van der Waals surface area contributed by atoms with Crippen molar-refractivity contribution >= 4 is 17.4 Å². The summed E-state index contributed by atoms with van der Waals surface area (Å²) in [5.41, 5.74) is 1.02. The summed E-state index contributed by atoms with van der Waals surface area (Å²) < 4.78 is 11.0. The van der Waals surface area contributed by atoms with Gasteiger partial charge in [-0.05, 0) is 55.7 Å². The number of nitrogens with zero attached hydrogens (tertiary/aromatic N) is 1. The predicted molar refractivity (Wildman–Crippen MR) is 129 cm³/mol. The molecule has 2 aromatic rings. The monoisotopic (exact) mass is 466 g/mol. The first kappa shape index (κ1) is 25.3. The van der Waals surface area contributed by atoms with Gasteiger partial charge in [-0.25, -0.2) is 0 Å². The third kappa shape index (κ3) is 5.42. The van der Waals surface area contributed by atoms with Crippen molar-refractivity contribution < 1.29 is 29.1 Å². The summed E-state index contributed by atoms with van der Waals surface area (Å²) in [6.45, 7) is 9.66. The molecule has 1 aliphatic rings. The SMILES string of the molecule is CCCOc1cccc(C2/C(=C(\[O-])c3ccc(OC)cc3)C(=O)C(=O)N2CC[NH+](CC)CC)c1. The number of nitrogens with one attached hydrogen (secondary N) is 1. The highest BCUT2D eigenvalue weighted by Crippen LogP contribution is 2.39. The third-order valence-corrected chi connectivity index (χ3v) is 6.23. The molecule has 182 valence electrons. The van der Waals surface area contributed by atoms with Crippen LogP contribution in [0.15, 0.2) is 54.1 Å². The Morgan fingerprint density at radius 1 is 1.03 bits per heavy atom. The van der Waals surface area contributed by atoms with Crippen LogP contribution in [-0.4, -0.2) is 56.5 Å². The Morgan fingerprint density at radius 3 is 2.35 bits per heavy atom. The van der Waals surface area contributed by atoms with Crippen molar-refractivity contribution in [3.63, 3.8) is 0 Å². The Kier molecular flexibility index (Phi) is 8.71. The van der Waals surface area contributed by atoms with E-state index < -0.39 is 23.5 Å². The number of benzene rings is 2. The van der Waals surface area contributed by atoms with E-state index in [-0.39, 0.29) is 5.57 Å². The minimum Gasteiger partial charge on any atom is -0.872 e. The number of methoxy groups -OCH3 is 1. The van der Waals surface area contributed by atoms with Crippen molar-refractivity contribution in [1.29, 1.82) is 0 Å². The van der Waals surface area contributed by atoms with Gasteiger partial charge in [0.05, 0.1) is 45.9 Å². The molecule has 0 radical (unpaired) electrons. The molecule has 2 aromatic carbocycles. The summed E-state index contributed by atoms with van der Waals surface area (Å²) in [5.74, 6) is -0.551. The van der Waals surface area contributed by atoms with Crippen molar-refractivity contribution in [1.82, 2.24) is 4.90 Å². The van der Waals surface area contributed by atoms with E-state index in [2.05, 4.69) is 13.8 Å². The molecule has 1 aliphatic heterocycles. The average molecular weight is 467 g/mol. The third-order valence-electron chi connectivity index (χ3n) is 6.23. The standard InChI is InChI=1S/C27H34N2O5/c1-5-17-34-22-10-8-9-20(18-22)24-23(25(30)19-11-13-21(33-4)14-12-19)26(31)27(32)29(24)16-15-28(6-2)7-3/h8-14,18,24,30H,5-7,15-17H2,1-4H3/b25-23+. The van der Waals surface area contributed by atoms with E-state index in [0.717, 1.165) is 19.5 Å². The molecule has 7 heteroatoms. The molecule has 0 saturated carbocycles. The van der Waals surface area contributed by atoms with Crippen LogP contribution in [0.2, 0.25) is 0 Å². The van der Waals surface area contributed by atoms with Gasteiger partial charge in [-0.2, -0.15) is 0 Å². The Balaban J connectivity index is 2.08. The Bertz CT molecular complexity index is 1030. The number of likely N-dealkylation sites (N-methyl/N-ethyl adjacent to an activating group) is 1. The zero-order valence-corrected chi connectivity index (χ0v) is 20.4. The molecule has 1 atom stereocenters. The molecule has 0 aromatic heterocycles. The fourth-order valence-electron chi connectivity index (χ4n) is 4.22. The molecule has 3 rings (SSSR count). The number of carbonyl (C=O) groups excluding carboxylic acids is 2. The van der Waals surface area contributed by atoms with Gasteiger partial charge in [0.1, 0.15) is 11.5 Å². The molecule has 7 nitrogen and oxygen atoms in total. The first-order valence-corrected chi connectivity index (χ1v) is 11.9. The van der Waals surface area contributed by atoms with E-state index in [9.17, 15) is 14.7 Å². The molecule has 34 heavy (non-hydrogen) atoms. The first-order chi connectivity index (χ1) is 16.4. The molecule has 1 heterocycles. The lowest BCUT2D eigenvalue weighted by Crippen LogP contribution is -3.12. The number of likely N-dealkylation sites (tertiary alicyclic amines) is 1. The number of amides is 1. The van der Waals surface area contributed by atoms with Crippen LogP contribution >= 0.6 is 0 Å². The van der Waals surface area contributed by atoms with Gasteiger partial charge in [0.2, 0.25) is 5.78 Å². The van der Waals surface area contributed by atoms with E-state index in [1.54, 1.807) is 36.3 Å². The van der Waals surface area contributed by atoms with Crippen LogP contribution in [0, 0.1) is 0 Å². The zero-order chi connectivity index (χ0) is 24.7. The van der Waals surface area contributed by atoms with E-state index in [4.69, 9.17) is 9.47 Å². The lowest BCUT2D eigenvalue weighted by molar-refractivity contribution is -0.895. The summed E-state index contributed by atoms with van der Waals surface area (Å²) in [7, 11) is 1.55. The van der Waals surface area contributed by atoms with Crippen molar-refractivity contribution in [3.05, 3.63) is 65.2 Å². The number of carbonyl (C=O) groups is 2. The number of ether oxygens (including phenoxy) is 2. The van der Waals surface area contributed by atoms with Crippen LogP contribution < -0.4 is 19.5 Å². The summed E-state index contributed by atoms with van der Waals surface area (Å²) in [4.78, 5) is 29.1. The maximum absolute atomic E-state index is 13.5. The highest BCUT2D eigenvalue weighted by molar-refractivity contribution is 6.46. The molecular formula is C27H34N2O5. The highest BCUT2D eigenvalue weighted by atomic mass is 16.5. The van der Waals surface area contributed by atoms with Gasteiger partial charge in [-0.1, -0.05) is 36.9 Å². The minimum atomic E-state index is -0.755. The molecule has 1 saturated heterocycles. The molecule has 1 unspecified atom stereocenters. The van der Waals surface area contributed by atoms with Gasteiger partial charge >= 0.3 is 0 Å². The molecule has 0 aliphatic carbocycles. The van der Waals surface area contributed by atoms with E-state index in [0.29, 0.717) is 42.3 Å². The van der Waals surface area contributed by atoms with Crippen LogP contribution in [0.1, 0.15) is 44.4 Å². The number of Topliss-reactive ketones (excluding diaryl/α,β-unsaturated/α-hetero) is 1. The number of hydrogen-bond acceptors (Lipinski definition) is 5. The van der Waals surface area contributed by atoms with Crippen molar-refractivity contribution in [3.8, 4) is 11.5 Å². The van der Waals surface area contributed by atoms with Crippen LogP contribution in [0.25, 0.3) is 5.76 Å². The second-order valence-electron chi connectivity index (χ2n) is 8.33. The quantitative estimate of drug-likeness (QED) is 0.309. The number of rotatable bonds is 11. The molecule has 1 fully saturated rings. The second kappa shape index (κ2) is 11.7. The van der Waals surface area contributed by atoms with Crippen molar-refractivity contribution in [2.24, 2.45) is 0 Å². The Hall–Kier alpha value is -3.32. The topological polar surface area (TPSA) is 83.3 Å². The van der Waals surface area contributed by atoms with Gasteiger partial charge in [0.15, 0.2) is 0 Å². The number of ketones is 1. The molecular weight excluding hydrogens is 432 g/mol. The van der Waals surface area contributed by atoms with Gasteiger partial charge in [0.25, 0.3) is 5.91 Å². The molecule has 0 spiro atoms. The molecule has 1 N–H and O–H groups in total. The second-order valence-corrected chi connectivity index (χ2v) is 8.33. The molecule has 0 bridgehead atoms. The van der Waals surface area contributed by atoms with E-state index in [1.807, 2.05) is 31.2 Å². The van der Waals surface area contributed by atoms with Gasteiger partial charge < -0.3 is 24.4 Å². The van der Waals surface area contributed by atoms with Gasteiger partial charge in [0, 0.05) is 5.57 Å². The van der Waals surface area contributed by atoms with Crippen molar-refractivity contribution in [2.45, 2.75) is 33.2 Å². The fourth-order valence-corrected chi connectivity index (χ4v) is 4.22. The Labute approximate surface area is 201 Å². The van der Waals surface area contributed by atoms with Crippen LogP contribution in [-0.2, 0) is 9.59 Å². The Morgan fingerprint density at radius 2 is 1.74 bits per heavy atom. The van der Waals surface area contributed by atoms with E-state index >= 15 is 0 Å². The average Bonchev–Trinajstić information content (AvgIpc) is 3.13. The summed E-state index contributed by atoms with van der Waals surface area (Å²) in [6.07, 6.45) is 0.858. The zero-order valence-electron chi connectivity index (χ0n) is 20.4. The first-order valence-electron chi connectivity index (χ1n) is 11.9. The normalized spacial score (nSPS) is 17.4. The minimum absolute atomic E-state index is 0.0163.